The van der Waals surface area contributed by atoms with Crippen LogP contribution in [0, 0.1) is 6.92 Å². The van der Waals surface area contributed by atoms with E-state index in [0.717, 1.165) is 25.9 Å². The number of nitrogens with zero attached hydrogens (tertiary/aromatic N) is 3. The van der Waals surface area contributed by atoms with Gasteiger partial charge in [-0.25, -0.2) is 0 Å². The topological polar surface area (TPSA) is 85.0 Å². The average molecular weight is 275 g/mol. The second-order valence-electron chi connectivity index (χ2n) is 4.94. The quantitative estimate of drug-likeness (QED) is 0.883. The number of amides is 1. The van der Waals surface area contributed by atoms with Crippen molar-refractivity contribution in [1.82, 2.24) is 20.3 Å². The molecule has 3 heterocycles. The molecule has 2 aromatic rings. The lowest BCUT2D eigenvalue weighted by molar-refractivity contribution is 0.102. The van der Waals surface area contributed by atoms with Gasteiger partial charge in [0.15, 0.2) is 0 Å². The zero-order chi connectivity index (χ0) is 13.9. The number of rotatable bonds is 3. The third-order valence-corrected chi connectivity index (χ3v) is 3.54. The highest BCUT2D eigenvalue weighted by molar-refractivity contribution is 6.04. The van der Waals surface area contributed by atoms with Gasteiger partial charge in [0.2, 0.25) is 0 Å². The van der Waals surface area contributed by atoms with Crippen molar-refractivity contribution in [1.29, 1.82) is 0 Å². The molecule has 20 heavy (non-hydrogen) atoms. The van der Waals surface area contributed by atoms with Crippen LogP contribution in [0.4, 0.5) is 5.69 Å². The predicted octanol–water partition coefficient (Wildman–Crippen LogP) is 1.36. The molecule has 3 rings (SSSR count). The third kappa shape index (κ3) is 2.57. The minimum absolute atomic E-state index is 0.228. The lowest BCUT2D eigenvalue weighted by atomic mass is 10.1. The number of carbonyl (C=O) groups is 1. The maximum atomic E-state index is 12.0. The Morgan fingerprint density at radius 1 is 1.45 bits per heavy atom. The van der Waals surface area contributed by atoms with E-state index in [1.165, 1.54) is 6.20 Å². The van der Waals surface area contributed by atoms with Crippen molar-refractivity contribution in [2.24, 2.45) is 0 Å². The van der Waals surface area contributed by atoms with Gasteiger partial charge in [0.25, 0.3) is 5.91 Å². The summed E-state index contributed by atoms with van der Waals surface area (Å²) >= 11 is 0. The van der Waals surface area contributed by atoms with Crippen LogP contribution in [0.5, 0.6) is 0 Å². The molecular formula is C13H17N5O2. The van der Waals surface area contributed by atoms with Gasteiger partial charge in [0.1, 0.15) is 11.3 Å². The van der Waals surface area contributed by atoms with E-state index >= 15 is 0 Å². The third-order valence-electron chi connectivity index (χ3n) is 3.54. The summed E-state index contributed by atoms with van der Waals surface area (Å²) < 4.78 is 6.81. The molecule has 0 aliphatic carbocycles. The largest absolute Gasteiger partial charge is 0.361 e. The molecule has 7 nitrogen and oxygen atoms in total. The van der Waals surface area contributed by atoms with Crippen LogP contribution in [-0.2, 0) is 0 Å². The van der Waals surface area contributed by atoms with Crippen molar-refractivity contribution in [3.05, 3.63) is 29.9 Å². The van der Waals surface area contributed by atoms with Gasteiger partial charge in [0.05, 0.1) is 24.1 Å². The van der Waals surface area contributed by atoms with Crippen molar-refractivity contribution >= 4 is 11.6 Å². The fourth-order valence-corrected chi connectivity index (χ4v) is 2.39. The number of nitrogens with one attached hydrogen (secondary N) is 2. The Morgan fingerprint density at radius 3 is 2.95 bits per heavy atom. The van der Waals surface area contributed by atoms with Crippen LogP contribution in [0.15, 0.2) is 23.1 Å². The smallest absolute Gasteiger partial charge is 0.260 e. The Bertz CT molecular complexity index is 597. The Labute approximate surface area is 116 Å². The maximum Gasteiger partial charge on any atom is 0.260 e. The van der Waals surface area contributed by atoms with Crippen molar-refractivity contribution in [2.45, 2.75) is 25.8 Å². The molecular weight excluding hydrogens is 258 g/mol. The first kappa shape index (κ1) is 12.9. The van der Waals surface area contributed by atoms with Gasteiger partial charge in [-0.1, -0.05) is 5.16 Å². The van der Waals surface area contributed by atoms with Crippen molar-refractivity contribution in [3.63, 3.8) is 0 Å². The van der Waals surface area contributed by atoms with E-state index in [0.29, 0.717) is 23.1 Å². The van der Waals surface area contributed by atoms with Crippen LogP contribution in [0.3, 0.4) is 0 Å². The zero-order valence-electron chi connectivity index (χ0n) is 11.3. The molecule has 0 aromatic carbocycles. The lowest BCUT2D eigenvalue weighted by Crippen LogP contribution is -2.29. The summed E-state index contributed by atoms with van der Waals surface area (Å²) in [5.41, 5.74) is 1.13. The van der Waals surface area contributed by atoms with E-state index in [2.05, 4.69) is 20.9 Å². The molecule has 2 N–H and O–H groups in total. The molecule has 0 spiro atoms. The molecule has 0 unspecified atom stereocenters. The average Bonchev–Trinajstić information content (AvgIpc) is 3.09. The second-order valence-corrected chi connectivity index (χ2v) is 4.94. The molecule has 1 aliphatic rings. The van der Waals surface area contributed by atoms with E-state index in [1.54, 1.807) is 13.1 Å². The van der Waals surface area contributed by atoms with Gasteiger partial charge < -0.3 is 15.2 Å². The number of aryl methyl sites for hydroxylation is 1. The van der Waals surface area contributed by atoms with E-state index in [4.69, 9.17) is 4.52 Å². The number of aromatic nitrogens is 3. The first-order chi connectivity index (χ1) is 9.74. The molecule has 0 radical (unpaired) electrons. The van der Waals surface area contributed by atoms with Crippen LogP contribution in [0.2, 0.25) is 0 Å². The second kappa shape index (κ2) is 5.46. The van der Waals surface area contributed by atoms with E-state index in [9.17, 15) is 4.79 Å². The van der Waals surface area contributed by atoms with E-state index < -0.39 is 0 Å². The summed E-state index contributed by atoms with van der Waals surface area (Å²) in [5, 5.41) is 14.1. The summed E-state index contributed by atoms with van der Waals surface area (Å²) in [5.74, 6) is 0.279. The Morgan fingerprint density at radius 2 is 2.25 bits per heavy atom. The molecule has 7 heteroatoms. The van der Waals surface area contributed by atoms with Crippen LogP contribution < -0.4 is 10.6 Å². The van der Waals surface area contributed by atoms with Gasteiger partial charge in [-0.15, -0.1) is 0 Å². The summed E-state index contributed by atoms with van der Waals surface area (Å²) in [6.07, 6.45) is 7.07. The van der Waals surface area contributed by atoms with E-state index in [-0.39, 0.29) is 5.91 Å². The van der Waals surface area contributed by atoms with Crippen LogP contribution in [-0.4, -0.2) is 33.9 Å². The summed E-state index contributed by atoms with van der Waals surface area (Å²) in [6, 6.07) is 0.402. The number of piperidine rings is 1. The summed E-state index contributed by atoms with van der Waals surface area (Å²) in [7, 11) is 0. The molecule has 0 saturated carbocycles. The van der Waals surface area contributed by atoms with Gasteiger partial charge in [-0.05, 0) is 32.9 Å². The molecule has 1 aliphatic heterocycles. The summed E-state index contributed by atoms with van der Waals surface area (Å²) in [6.45, 7) is 3.72. The van der Waals surface area contributed by atoms with Crippen LogP contribution in [0.1, 0.15) is 35.0 Å². The van der Waals surface area contributed by atoms with Crippen molar-refractivity contribution in [3.8, 4) is 0 Å². The van der Waals surface area contributed by atoms with Crippen molar-refractivity contribution < 1.29 is 9.32 Å². The minimum atomic E-state index is -0.228. The number of carbonyl (C=O) groups excluding carboxylic acids is 1. The monoisotopic (exact) mass is 275 g/mol. The predicted molar refractivity (Wildman–Crippen MR) is 72.6 cm³/mol. The first-order valence-corrected chi connectivity index (χ1v) is 6.71. The highest BCUT2D eigenvalue weighted by atomic mass is 16.5. The molecule has 1 fully saturated rings. The molecule has 106 valence electrons. The fraction of sp³-hybridized carbons (Fsp3) is 0.462. The first-order valence-electron chi connectivity index (χ1n) is 6.71. The Kier molecular flexibility index (Phi) is 3.51. The normalized spacial score (nSPS) is 16.2. The number of hydrogen-bond donors (Lipinski definition) is 2. The minimum Gasteiger partial charge on any atom is -0.361 e. The lowest BCUT2D eigenvalue weighted by Gasteiger charge is -2.22. The number of anilines is 1. The molecule has 1 amide bonds. The van der Waals surface area contributed by atoms with E-state index in [1.807, 2.05) is 10.9 Å². The Hall–Kier alpha value is -2.15. The molecule has 0 bridgehead atoms. The van der Waals surface area contributed by atoms with Crippen molar-refractivity contribution in [2.75, 3.05) is 18.4 Å². The number of hydrogen-bond acceptors (Lipinski definition) is 5. The summed E-state index contributed by atoms with van der Waals surface area (Å²) in [4.78, 5) is 12.0. The zero-order valence-corrected chi connectivity index (χ0v) is 11.3. The van der Waals surface area contributed by atoms with Gasteiger partial charge >= 0.3 is 0 Å². The van der Waals surface area contributed by atoms with Crippen LogP contribution >= 0.6 is 0 Å². The van der Waals surface area contributed by atoms with Gasteiger partial charge in [-0.3, -0.25) is 9.48 Å². The Balaban J connectivity index is 1.68. The highest BCUT2D eigenvalue weighted by Gasteiger charge is 2.17. The highest BCUT2D eigenvalue weighted by Crippen LogP contribution is 2.20. The SMILES string of the molecule is Cc1oncc1C(=O)Nc1cnn(C2CCNCC2)c1. The fourth-order valence-electron chi connectivity index (χ4n) is 2.39. The maximum absolute atomic E-state index is 12.0. The molecule has 1 saturated heterocycles. The molecule has 0 atom stereocenters. The standard InChI is InChI=1S/C13H17N5O2/c1-9-12(7-16-20-9)13(19)17-10-6-15-18(8-10)11-2-4-14-5-3-11/h6-8,11,14H,2-5H2,1H3,(H,17,19). The molecule has 2 aromatic heterocycles. The van der Waals surface area contributed by atoms with Crippen LogP contribution in [0.25, 0.3) is 0 Å². The van der Waals surface area contributed by atoms with Gasteiger partial charge in [0, 0.05) is 6.20 Å². The van der Waals surface area contributed by atoms with Gasteiger partial charge in [-0.2, -0.15) is 5.10 Å².